The minimum atomic E-state index is 0.380. The maximum atomic E-state index is 11.7. The number of carbonyl (C=O) groups excluding carboxylic acids is 1. The fraction of sp³-hybridized carbons (Fsp3) is 0.870. The zero-order valence-electron chi connectivity index (χ0n) is 16.6. The van der Waals surface area contributed by atoms with Crippen molar-refractivity contribution < 1.29 is 4.79 Å². The minimum Gasteiger partial charge on any atom is -0.299 e. The van der Waals surface area contributed by atoms with E-state index in [4.69, 9.17) is 0 Å². The number of ketones is 1. The first-order valence-corrected chi connectivity index (χ1v) is 11.0. The average Bonchev–Trinajstić information content (AvgIpc) is 2.59. The molecule has 24 heavy (non-hydrogen) atoms. The molecule has 0 aliphatic heterocycles. The van der Waals surface area contributed by atoms with Gasteiger partial charge in [-0.25, -0.2) is 0 Å². The SMILES string of the molecule is [CH2]CCCCCCCCCCCCC[CH]C(=O)CCCCCCC. The van der Waals surface area contributed by atoms with Crippen LogP contribution in [-0.4, -0.2) is 5.78 Å². The summed E-state index contributed by atoms with van der Waals surface area (Å²) in [6.07, 6.45) is 26.0. The highest BCUT2D eigenvalue weighted by Crippen LogP contribution is 2.13. The van der Waals surface area contributed by atoms with Crippen LogP contribution in [0.1, 0.15) is 129 Å². The van der Waals surface area contributed by atoms with E-state index in [2.05, 4.69) is 13.8 Å². The summed E-state index contributed by atoms with van der Waals surface area (Å²) >= 11 is 0. The summed E-state index contributed by atoms with van der Waals surface area (Å²) in [5.41, 5.74) is 0. The summed E-state index contributed by atoms with van der Waals surface area (Å²) in [6, 6.07) is 0. The van der Waals surface area contributed by atoms with E-state index in [1.807, 2.05) is 6.42 Å². The second kappa shape index (κ2) is 20.7. The van der Waals surface area contributed by atoms with Crippen LogP contribution in [0.25, 0.3) is 0 Å². The van der Waals surface area contributed by atoms with E-state index in [0.29, 0.717) is 5.78 Å². The molecule has 0 aromatic heterocycles. The van der Waals surface area contributed by atoms with Crippen LogP contribution < -0.4 is 0 Å². The first kappa shape index (κ1) is 23.7. The quantitative estimate of drug-likeness (QED) is 0.206. The van der Waals surface area contributed by atoms with Gasteiger partial charge in [-0.2, -0.15) is 0 Å². The molecule has 0 spiro atoms. The number of Topliss-reactive ketones (excluding diaryl/α,β-unsaturated/α-hetero) is 1. The molecule has 0 saturated carbocycles. The molecule has 2 radical (unpaired) electrons. The van der Waals surface area contributed by atoms with Crippen LogP contribution in [0.15, 0.2) is 0 Å². The smallest absolute Gasteiger partial charge is 0.136 e. The predicted molar refractivity (Wildman–Crippen MR) is 108 cm³/mol. The van der Waals surface area contributed by atoms with E-state index in [1.165, 1.54) is 96.3 Å². The van der Waals surface area contributed by atoms with Crippen molar-refractivity contribution in [1.82, 2.24) is 0 Å². The number of unbranched alkanes of at least 4 members (excludes halogenated alkanes) is 16. The molecule has 0 aromatic carbocycles. The van der Waals surface area contributed by atoms with Crippen LogP contribution in [0, 0.1) is 13.3 Å². The zero-order chi connectivity index (χ0) is 17.7. The van der Waals surface area contributed by atoms with Crippen LogP contribution in [0.5, 0.6) is 0 Å². The molecule has 0 aliphatic rings. The van der Waals surface area contributed by atoms with Gasteiger partial charge in [0.2, 0.25) is 0 Å². The molecular weight excluding hydrogens is 292 g/mol. The Bertz CT molecular complexity index is 246. The topological polar surface area (TPSA) is 17.1 Å². The lowest BCUT2D eigenvalue weighted by molar-refractivity contribution is -0.116. The summed E-state index contributed by atoms with van der Waals surface area (Å²) in [6.45, 7) is 6.11. The highest BCUT2D eigenvalue weighted by molar-refractivity contribution is 5.86. The Hall–Kier alpha value is -0.330. The molecule has 0 fully saturated rings. The zero-order valence-corrected chi connectivity index (χ0v) is 16.6. The molecule has 142 valence electrons. The Morgan fingerprint density at radius 3 is 1.67 bits per heavy atom. The maximum Gasteiger partial charge on any atom is 0.136 e. The molecule has 0 aliphatic carbocycles. The lowest BCUT2D eigenvalue weighted by atomic mass is 10.0. The number of hydrogen-bond acceptors (Lipinski definition) is 1. The predicted octanol–water partition coefficient (Wildman–Crippen LogP) is 8.03. The Morgan fingerprint density at radius 2 is 1.12 bits per heavy atom. The van der Waals surface area contributed by atoms with Crippen LogP contribution in [0.3, 0.4) is 0 Å². The van der Waals surface area contributed by atoms with Gasteiger partial charge in [0.1, 0.15) is 5.78 Å². The monoisotopic (exact) mass is 336 g/mol. The van der Waals surface area contributed by atoms with Crippen molar-refractivity contribution in [3.05, 3.63) is 13.3 Å². The van der Waals surface area contributed by atoms with Gasteiger partial charge in [0.05, 0.1) is 0 Å². The molecule has 0 heterocycles. The van der Waals surface area contributed by atoms with Gasteiger partial charge in [0, 0.05) is 12.8 Å². The van der Waals surface area contributed by atoms with Crippen LogP contribution in [-0.2, 0) is 4.79 Å². The van der Waals surface area contributed by atoms with E-state index in [0.717, 1.165) is 25.7 Å². The highest BCUT2D eigenvalue weighted by atomic mass is 16.1. The van der Waals surface area contributed by atoms with Crippen molar-refractivity contribution in [1.29, 1.82) is 0 Å². The van der Waals surface area contributed by atoms with Gasteiger partial charge in [-0.1, -0.05) is 117 Å². The summed E-state index contributed by atoms with van der Waals surface area (Å²) in [4.78, 5) is 11.7. The third-order valence-electron chi connectivity index (χ3n) is 4.85. The van der Waals surface area contributed by atoms with Crippen LogP contribution >= 0.6 is 0 Å². The third kappa shape index (κ3) is 19.7. The molecule has 1 heteroatoms. The van der Waals surface area contributed by atoms with Crippen molar-refractivity contribution in [3.8, 4) is 0 Å². The van der Waals surface area contributed by atoms with Crippen molar-refractivity contribution in [2.45, 2.75) is 129 Å². The van der Waals surface area contributed by atoms with Gasteiger partial charge in [0.15, 0.2) is 0 Å². The average molecular weight is 337 g/mol. The Balaban J connectivity index is 3.10. The van der Waals surface area contributed by atoms with Gasteiger partial charge in [0.25, 0.3) is 0 Å². The van der Waals surface area contributed by atoms with Gasteiger partial charge < -0.3 is 0 Å². The second-order valence-corrected chi connectivity index (χ2v) is 7.37. The van der Waals surface area contributed by atoms with E-state index in [9.17, 15) is 4.79 Å². The first-order valence-electron chi connectivity index (χ1n) is 11.0. The molecule has 0 saturated heterocycles. The van der Waals surface area contributed by atoms with Gasteiger partial charge in [-0.3, -0.25) is 4.79 Å². The number of carbonyl (C=O) groups is 1. The van der Waals surface area contributed by atoms with Gasteiger partial charge in [-0.05, 0) is 12.8 Å². The van der Waals surface area contributed by atoms with E-state index >= 15 is 0 Å². The van der Waals surface area contributed by atoms with E-state index in [1.54, 1.807) is 0 Å². The fourth-order valence-electron chi connectivity index (χ4n) is 3.18. The van der Waals surface area contributed by atoms with Crippen molar-refractivity contribution in [3.63, 3.8) is 0 Å². The first-order chi connectivity index (χ1) is 11.8. The Morgan fingerprint density at radius 1 is 0.667 bits per heavy atom. The second-order valence-electron chi connectivity index (χ2n) is 7.37. The molecule has 0 N–H and O–H groups in total. The van der Waals surface area contributed by atoms with E-state index < -0.39 is 0 Å². The molecule has 0 rings (SSSR count). The summed E-state index contributed by atoms with van der Waals surface area (Å²) in [5, 5.41) is 0. The molecule has 0 unspecified atom stereocenters. The Labute approximate surface area is 153 Å². The molecule has 0 amide bonds. The summed E-state index contributed by atoms with van der Waals surface area (Å²) in [5.74, 6) is 0.380. The van der Waals surface area contributed by atoms with E-state index in [-0.39, 0.29) is 0 Å². The highest BCUT2D eigenvalue weighted by Gasteiger charge is 2.02. The van der Waals surface area contributed by atoms with Crippen molar-refractivity contribution in [2.24, 2.45) is 0 Å². The minimum absolute atomic E-state index is 0.380. The fourth-order valence-corrected chi connectivity index (χ4v) is 3.18. The summed E-state index contributed by atoms with van der Waals surface area (Å²) in [7, 11) is 0. The van der Waals surface area contributed by atoms with Gasteiger partial charge in [-0.15, -0.1) is 0 Å². The number of rotatable bonds is 20. The molecule has 0 atom stereocenters. The normalized spacial score (nSPS) is 11.1. The van der Waals surface area contributed by atoms with Crippen LogP contribution in [0.4, 0.5) is 0 Å². The standard InChI is InChI=1S/C23H44O/c1-3-5-7-9-10-11-12-13-14-15-16-18-20-22-23(24)21-19-17-8-6-4-2/h22H,1,3-21H2,2H3. The largest absolute Gasteiger partial charge is 0.299 e. The Kier molecular flexibility index (Phi) is 20.4. The number of hydrogen-bond donors (Lipinski definition) is 0. The summed E-state index contributed by atoms with van der Waals surface area (Å²) < 4.78 is 0. The molecule has 0 bridgehead atoms. The van der Waals surface area contributed by atoms with Crippen LogP contribution in [0.2, 0.25) is 0 Å². The molecule has 1 nitrogen and oxygen atoms in total. The molecular formula is C23H44O. The lowest BCUT2D eigenvalue weighted by Gasteiger charge is -2.03. The van der Waals surface area contributed by atoms with Crippen molar-refractivity contribution >= 4 is 5.78 Å². The molecule has 0 aromatic rings. The van der Waals surface area contributed by atoms with Crippen molar-refractivity contribution in [2.75, 3.05) is 0 Å². The third-order valence-corrected chi connectivity index (χ3v) is 4.85. The maximum absolute atomic E-state index is 11.7. The van der Waals surface area contributed by atoms with Gasteiger partial charge >= 0.3 is 0 Å². The lowest BCUT2D eigenvalue weighted by Crippen LogP contribution is -1.98.